The minimum Gasteiger partial charge on any atom is -0.336 e. The molecule has 1 heterocycles. The van der Waals surface area contributed by atoms with Gasteiger partial charge in [-0.2, -0.15) is 0 Å². The Kier molecular flexibility index (Phi) is 5.51. The van der Waals surface area contributed by atoms with Crippen molar-refractivity contribution in [3.05, 3.63) is 33.3 Å². The van der Waals surface area contributed by atoms with Crippen molar-refractivity contribution in [3.8, 4) is 0 Å². The number of nitrogens with zero attached hydrogens (tertiary/aromatic N) is 2. The molecule has 1 amide bonds. The Bertz CT molecular complexity index is 462. The summed E-state index contributed by atoms with van der Waals surface area (Å²) in [4.78, 5) is 16.5. The number of piperazine rings is 1. The lowest BCUT2D eigenvalue weighted by atomic mass is 10.2. The van der Waals surface area contributed by atoms with Gasteiger partial charge in [-0.15, -0.1) is 11.6 Å². The van der Waals surface area contributed by atoms with Crippen LogP contribution in [0.4, 0.5) is 0 Å². The summed E-state index contributed by atoms with van der Waals surface area (Å²) in [5.74, 6) is 0.695. The van der Waals surface area contributed by atoms with E-state index in [1.165, 1.54) is 0 Å². The second kappa shape index (κ2) is 6.93. The fraction of sp³-hybridized carbons (Fsp3) is 0.462. The molecule has 3 nitrogen and oxygen atoms in total. The molecule has 0 N–H and O–H groups in total. The van der Waals surface area contributed by atoms with E-state index in [4.69, 9.17) is 23.2 Å². The fourth-order valence-corrected chi connectivity index (χ4v) is 2.84. The predicted molar refractivity (Wildman–Crippen MR) is 82.2 cm³/mol. The standard InChI is InChI=1S/C13H15BrCl2N2O/c14-11-9-10(1-2-12(11)16)13(19)18-7-5-17(4-3-15)6-8-18/h1-2,9H,3-8H2. The molecule has 1 fully saturated rings. The van der Waals surface area contributed by atoms with Crippen LogP contribution in [0.25, 0.3) is 0 Å². The number of carbonyl (C=O) groups excluding carboxylic acids is 1. The van der Waals surface area contributed by atoms with Crippen molar-refractivity contribution >= 4 is 45.0 Å². The van der Waals surface area contributed by atoms with E-state index in [0.29, 0.717) is 16.5 Å². The van der Waals surface area contributed by atoms with Crippen molar-refractivity contribution in [1.29, 1.82) is 0 Å². The smallest absolute Gasteiger partial charge is 0.253 e. The van der Waals surface area contributed by atoms with Crippen molar-refractivity contribution in [2.24, 2.45) is 0 Å². The maximum Gasteiger partial charge on any atom is 0.253 e. The molecule has 0 unspecified atom stereocenters. The topological polar surface area (TPSA) is 23.6 Å². The van der Waals surface area contributed by atoms with Gasteiger partial charge in [-0.3, -0.25) is 9.69 Å². The Morgan fingerprint density at radius 3 is 2.53 bits per heavy atom. The van der Waals surface area contributed by atoms with Gasteiger partial charge in [0.15, 0.2) is 0 Å². The third-order valence-electron chi connectivity index (χ3n) is 3.23. The van der Waals surface area contributed by atoms with Crippen molar-refractivity contribution in [1.82, 2.24) is 9.80 Å². The van der Waals surface area contributed by atoms with E-state index in [0.717, 1.165) is 37.2 Å². The van der Waals surface area contributed by atoms with Crippen LogP contribution in [0.5, 0.6) is 0 Å². The average molecular weight is 366 g/mol. The Morgan fingerprint density at radius 1 is 1.26 bits per heavy atom. The Balaban J connectivity index is 1.99. The molecule has 1 saturated heterocycles. The van der Waals surface area contributed by atoms with Crippen molar-refractivity contribution in [2.75, 3.05) is 38.6 Å². The van der Waals surface area contributed by atoms with Gasteiger partial charge in [0.2, 0.25) is 0 Å². The van der Waals surface area contributed by atoms with E-state index in [9.17, 15) is 4.79 Å². The summed E-state index contributed by atoms with van der Waals surface area (Å²) < 4.78 is 0.751. The van der Waals surface area contributed by atoms with E-state index >= 15 is 0 Å². The van der Waals surface area contributed by atoms with Crippen LogP contribution in [0, 0.1) is 0 Å². The second-order valence-corrected chi connectivity index (χ2v) is 6.09. The van der Waals surface area contributed by atoms with Crippen molar-refractivity contribution < 1.29 is 4.79 Å². The molecule has 0 radical (unpaired) electrons. The molecule has 0 atom stereocenters. The molecule has 1 aromatic rings. The van der Waals surface area contributed by atoms with Crippen molar-refractivity contribution in [2.45, 2.75) is 0 Å². The van der Waals surface area contributed by atoms with E-state index in [2.05, 4.69) is 20.8 Å². The van der Waals surface area contributed by atoms with Crippen LogP contribution in [-0.2, 0) is 0 Å². The highest BCUT2D eigenvalue weighted by atomic mass is 79.9. The fourth-order valence-electron chi connectivity index (χ4n) is 2.11. The molecule has 0 aliphatic carbocycles. The average Bonchev–Trinajstić information content (AvgIpc) is 2.42. The summed E-state index contributed by atoms with van der Waals surface area (Å²) in [5.41, 5.74) is 0.669. The van der Waals surface area contributed by atoms with Gasteiger partial charge < -0.3 is 4.90 Å². The van der Waals surface area contributed by atoms with Gasteiger partial charge in [0.05, 0.1) is 5.02 Å². The van der Waals surface area contributed by atoms with Gasteiger partial charge in [0.25, 0.3) is 5.91 Å². The number of benzene rings is 1. The number of rotatable bonds is 3. The summed E-state index contributed by atoms with van der Waals surface area (Å²) in [6.45, 7) is 4.14. The molecule has 0 saturated carbocycles. The van der Waals surface area contributed by atoms with Crippen molar-refractivity contribution in [3.63, 3.8) is 0 Å². The van der Waals surface area contributed by atoms with Gasteiger partial charge in [-0.1, -0.05) is 11.6 Å². The number of hydrogen-bond donors (Lipinski definition) is 0. The van der Waals surface area contributed by atoms with Crippen LogP contribution >= 0.6 is 39.1 Å². The molecule has 0 spiro atoms. The highest BCUT2D eigenvalue weighted by Gasteiger charge is 2.22. The maximum atomic E-state index is 12.3. The van der Waals surface area contributed by atoms with Crippen LogP contribution in [0.1, 0.15) is 10.4 Å². The third-order valence-corrected chi connectivity index (χ3v) is 4.61. The lowest BCUT2D eigenvalue weighted by Crippen LogP contribution is -2.49. The quantitative estimate of drug-likeness (QED) is 0.768. The predicted octanol–water partition coefficient (Wildman–Crippen LogP) is 3.10. The normalized spacial score (nSPS) is 16.7. The molecule has 1 aliphatic heterocycles. The minimum atomic E-state index is 0.0582. The zero-order chi connectivity index (χ0) is 13.8. The molecule has 0 aromatic heterocycles. The summed E-state index contributed by atoms with van der Waals surface area (Å²) in [7, 11) is 0. The van der Waals surface area contributed by atoms with Gasteiger partial charge in [0.1, 0.15) is 0 Å². The maximum absolute atomic E-state index is 12.3. The zero-order valence-corrected chi connectivity index (χ0v) is 13.5. The number of hydrogen-bond acceptors (Lipinski definition) is 2. The Labute approximate surface area is 131 Å². The Morgan fingerprint density at radius 2 is 1.95 bits per heavy atom. The third kappa shape index (κ3) is 3.85. The molecular weight excluding hydrogens is 351 g/mol. The van der Waals surface area contributed by atoms with Gasteiger partial charge in [0, 0.05) is 48.6 Å². The number of halogens is 3. The lowest BCUT2D eigenvalue weighted by molar-refractivity contribution is 0.0644. The van der Waals surface area contributed by atoms with Gasteiger partial charge in [-0.05, 0) is 34.1 Å². The van der Waals surface area contributed by atoms with E-state index < -0.39 is 0 Å². The summed E-state index contributed by atoms with van der Waals surface area (Å²) >= 11 is 15.0. The summed E-state index contributed by atoms with van der Waals surface area (Å²) in [6, 6.07) is 5.28. The largest absolute Gasteiger partial charge is 0.336 e. The highest BCUT2D eigenvalue weighted by Crippen LogP contribution is 2.24. The monoisotopic (exact) mass is 364 g/mol. The first kappa shape index (κ1) is 15.1. The van der Waals surface area contributed by atoms with E-state index in [-0.39, 0.29) is 5.91 Å². The first-order chi connectivity index (χ1) is 9.11. The molecule has 104 valence electrons. The molecular formula is C13H15BrCl2N2O. The molecule has 1 aliphatic rings. The van der Waals surface area contributed by atoms with Crippen LogP contribution in [0.15, 0.2) is 22.7 Å². The van der Waals surface area contributed by atoms with Gasteiger partial charge >= 0.3 is 0 Å². The van der Waals surface area contributed by atoms with Crippen LogP contribution < -0.4 is 0 Å². The molecule has 19 heavy (non-hydrogen) atoms. The summed E-state index contributed by atoms with van der Waals surface area (Å²) in [6.07, 6.45) is 0. The summed E-state index contributed by atoms with van der Waals surface area (Å²) in [5, 5.41) is 0.614. The number of alkyl halides is 1. The van der Waals surface area contributed by atoms with Gasteiger partial charge in [-0.25, -0.2) is 0 Å². The van der Waals surface area contributed by atoms with E-state index in [1.54, 1.807) is 18.2 Å². The number of amides is 1. The first-order valence-corrected chi connectivity index (χ1v) is 7.85. The van der Waals surface area contributed by atoms with E-state index in [1.807, 2.05) is 4.90 Å². The molecule has 2 rings (SSSR count). The van der Waals surface area contributed by atoms with Crippen LogP contribution in [0.3, 0.4) is 0 Å². The number of carbonyl (C=O) groups is 1. The zero-order valence-electron chi connectivity index (χ0n) is 10.4. The molecule has 0 bridgehead atoms. The van der Waals surface area contributed by atoms with Crippen LogP contribution in [-0.4, -0.2) is 54.3 Å². The first-order valence-electron chi connectivity index (χ1n) is 6.14. The minimum absolute atomic E-state index is 0.0582. The lowest BCUT2D eigenvalue weighted by Gasteiger charge is -2.34. The highest BCUT2D eigenvalue weighted by molar-refractivity contribution is 9.10. The molecule has 1 aromatic carbocycles. The SMILES string of the molecule is O=C(c1ccc(Cl)c(Br)c1)N1CCN(CCCl)CC1. The molecule has 6 heteroatoms. The van der Waals surface area contributed by atoms with Crippen LogP contribution in [0.2, 0.25) is 5.02 Å². The second-order valence-electron chi connectivity index (χ2n) is 4.45. The Hall–Kier alpha value is -0.290.